The number of ether oxygens (including phenoxy) is 1. The second kappa shape index (κ2) is 8.94. The average molecular weight is 381 g/mol. The molecule has 28 heavy (non-hydrogen) atoms. The molecule has 1 aromatic heterocycles. The van der Waals surface area contributed by atoms with Gasteiger partial charge in [-0.2, -0.15) is 0 Å². The van der Waals surface area contributed by atoms with Crippen molar-refractivity contribution in [2.24, 2.45) is 0 Å². The summed E-state index contributed by atoms with van der Waals surface area (Å²) in [5, 5.41) is 9.33. The third-order valence-electron chi connectivity index (χ3n) is 4.19. The molecule has 7 nitrogen and oxygen atoms in total. The Labute approximate surface area is 162 Å². The number of benzene rings is 2. The topological polar surface area (TPSA) is 92.6 Å². The Hall–Kier alpha value is -3.48. The molecule has 0 radical (unpaired) electrons. The molecule has 0 aliphatic rings. The molecule has 3 rings (SSSR count). The number of hydrogen-bond donors (Lipinski definition) is 3. The molecule has 2 aromatic carbocycles. The number of fused-ring (bicyclic) bond motifs is 1. The molecule has 0 aliphatic carbocycles. The van der Waals surface area contributed by atoms with Gasteiger partial charge in [-0.05, 0) is 36.2 Å². The first-order valence-electron chi connectivity index (χ1n) is 9.10. The fourth-order valence-electron chi connectivity index (χ4n) is 2.82. The summed E-state index contributed by atoms with van der Waals surface area (Å²) in [5.74, 6) is 0.709. The van der Waals surface area contributed by atoms with Gasteiger partial charge in [-0.3, -0.25) is 5.32 Å². The van der Waals surface area contributed by atoms with Gasteiger partial charge < -0.3 is 19.8 Å². The van der Waals surface area contributed by atoms with E-state index in [0.717, 1.165) is 17.4 Å². The van der Waals surface area contributed by atoms with Crippen LogP contribution in [0.2, 0.25) is 0 Å². The van der Waals surface area contributed by atoms with Gasteiger partial charge in [-0.1, -0.05) is 31.2 Å². The van der Waals surface area contributed by atoms with Crippen LogP contribution in [0.15, 0.2) is 57.7 Å². The summed E-state index contributed by atoms with van der Waals surface area (Å²) in [6.45, 7) is 2.97. The third-order valence-corrected chi connectivity index (χ3v) is 4.19. The predicted molar refractivity (Wildman–Crippen MR) is 110 cm³/mol. The number of rotatable bonds is 7. The zero-order valence-electron chi connectivity index (χ0n) is 15.9. The number of hydrogen-bond acceptors (Lipinski definition) is 5. The van der Waals surface area contributed by atoms with E-state index in [9.17, 15) is 9.59 Å². The Kier molecular flexibility index (Phi) is 6.16. The van der Waals surface area contributed by atoms with Gasteiger partial charge in [0.1, 0.15) is 11.3 Å². The van der Waals surface area contributed by atoms with Crippen molar-refractivity contribution in [3.8, 4) is 5.75 Å². The molecule has 0 aliphatic heterocycles. The van der Waals surface area contributed by atoms with E-state index in [-0.39, 0.29) is 5.69 Å². The number of amides is 2. The highest BCUT2D eigenvalue weighted by Gasteiger charge is 2.16. The van der Waals surface area contributed by atoms with Crippen LogP contribution in [0.4, 0.5) is 16.2 Å². The summed E-state index contributed by atoms with van der Waals surface area (Å²) in [5.41, 5.74) is 1.40. The van der Waals surface area contributed by atoms with Gasteiger partial charge in [0.2, 0.25) is 0 Å². The van der Waals surface area contributed by atoms with Crippen molar-refractivity contribution in [1.82, 2.24) is 5.32 Å². The van der Waals surface area contributed by atoms with E-state index in [1.54, 1.807) is 19.2 Å². The molecule has 0 unspecified atom stereocenters. The summed E-state index contributed by atoms with van der Waals surface area (Å²) in [6.07, 6.45) is 0.871. The lowest BCUT2D eigenvalue weighted by Crippen LogP contribution is -2.30. The summed E-state index contributed by atoms with van der Waals surface area (Å²) in [7, 11) is 1.59. The molecule has 1 heterocycles. The third kappa shape index (κ3) is 4.43. The first kappa shape index (κ1) is 19.3. The van der Waals surface area contributed by atoms with Gasteiger partial charge >= 0.3 is 11.7 Å². The zero-order chi connectivity index (χ0) is 19.9. The average Bonchev–Trinajstić information content (AvgIpc) is 2.72. The molecule has 146 valence electrons. The van der Waals surface area contributed by atoms with E-state index >= 15 is 0 Å². The van der Waals surface area contributed by atoms with Crippen LogP contribution in [0.3, 0.4) is 0 Å². The maximum absolute atomic E-state index is 12.4. The fraction of sp³-hybridized carbons (Fsp3) is 0.238. The Morgan fingerprint density at radius 3 is 2.71 bits per heavy atom. The van der Waals surface area contributed by atoms with E-state index < -0.39 is 11.7 Å². The van der Waals surface area contributed by atoms with Crippen LogP contribution in [0, 0.1) is 0 Å². The quantitative estimate of drug-likeness (QED) is 0.539. The Morgan fingerprint density at radius 1 is 1.11 bits per heavy atom. The number of anilines is 2. The van der Waals surface area contributed by atoms with Gasteiger partial charge in [0.25, 0.3) is 0 Å². The minimum Gasteiger partial charge on any atom is -0.497 e. The number of methoxy groups -OCH3 is 1. The highest BCUT2D eigenvalue weighted by molar-refractivity contribution is 6.01. The van der Waals surface area contributed by atoms with Gasteiger partial charge in [-0.15, -0.1) is 0 Å². The molecular weight excluding hydrogens is 358 g/mol. The first-order valence-corrected chi connectivity index (χ1v) is 9.10. The van der Waals surface area contributed by atoms with E-state index in [1.807, 2.05) is 43.3 Å². The van der Waals surface area contributed by atoms with Crippen molar-refractivity contribution in [3.05, 3.63) is 64.5 Å². The largest absolute Gasteiger partial charge is 0.497 e. The van der Waals surface area contributed by atoms with E-state index in [1.165, 1.54) is 0 Å². The molecule has 0 atom stereocenters. The molecule has 7 heteroatoms. The Balaban J connectivity index is 1.81. The lowest BCUT2D eigenvalue weighted by atomic mass is 10.2. The fourth-order valence-corrected chi connectivity index (χ4v) is 2.82. The second-order valence-electron chi connectivity index (χ2n) is 6.22. The van der Waals surface area contributed by atoms with E-state index in [4.69, 9.17) is 9.15 Å². The lowest BCUT2D eigenvalue weighted by molar-refractivity contribution is 0.251. The Bertz CT molecular complexity index is 1030. The van der Waals surface area contributed by atoms with Gasteiger partial charge in [-0.25, -0.2) is 9.59 Å². The van der Waals surface area contributed by atoms with Crippen molar-refractivity contribution < 1.29 is 13.9 Å². The Morgan fingerprint density at radius 2 is 1.93 bits per heavy atom. The van der Waals surface area contributed by atoms with E-state index in [0.29, 0.717) is 30.1 Å². The number of carbonyl (C=O) groups excluding carboxylic acids is 1. The molecule has 0 saturated heterocycles. The van der Waals surface area contributed by atoms with Crippen molar-refractivity contribution in [1.29, 1.82) is 0 Å². The zero-order valence-corrected chi connectivity index (χ0v) is 15.9. The van der Waals surface area contributed by atoms with Gasteiger partial charge in [0, 0.05) is 18.5 Å². The monoisotopic (exact) mass is 381 g/mol. The van der Waals surface area contributed by atoms with Crippen molar-refractivity contribution >= 4 is 28.4 Å². The maximum atomic E-state index is 12.4. The van der Waals surface area contributed by atoms with E-state index in [2.05, 4.69) is 16.0 Å². The summed E-state index contributed by atoms with van der Waals surface area (Å²) in [6, 6.07) is 14.1. The molecule has 0 fully saturated rings. The van der Waals surface area contributed by atoms with Crippen LogP contribution < -0.4 is 26.3 Å². The van der Waals surface area contributed by atoms with Crippen LogP contribution in [0.1, 0.15) is 18.9 Å². The van der Waals surface area contributed by atoms with Crippen LogP contribution in [0.5, 0.6) is 5.75 Å². The van der Waals surface area contributed by atoms with Crippen molar-refractivity contribution in [2.45, 2.75) is 19.9 Å². The highest BCUT2D eigenvalue weighted by atomic mass is 16.5. The maximum Gasteiger partial charge on any atom is 0.362 e. The number of carbonyl (C=O) groups is 1. The molecular formula is C21H23N3O4. The SMILES string of the molecule is CCCNc1c(NC(=O)NCc2cccc(OC)c2)c(=O)oc2ccccc12. The van der Waals surface area contributed by atoms with Crippen LogP contribution in [0.25, 0.3) is 11.0 Å². The van der Waals surface area contributed by atoms with Crippen LogP contribution in [-0.4, -0.2) is 19.7 Å². The minimum absolute atomic E-state index is 0.0929. The molecule has 0 spiro atoms. The molecule has 0 saturated carbocycles. The van der Waals surface area contributed by atoms with Crippen LogP contribution >= 0.6 is 0 Å². The second-order valence-corrected chi connectivity index (χ2v) is 6.22. The summed E-state index contributed by atoms with van der Waals surface area (Å²) in [4.78, 5) is 24.8. The smallest absolute Gasteiger partial charge is 0.362 e. The molecule has 3 N–H and O–H groups in total. The normalized spacial score (nSPS) is 10.5. The van der Waals surface area contributed by atoms with Gasteiger partial charge in [0.15, 0.2) is 5.69 Å². The standard InChI is InChI=1S/C21H23N3O4/c1-3-11-22-18-16-9-4-5-10-17(16)28-20(25)19(18)24-21(26)23-13-14-7-6-8-15(12-14)27-2/h4-10,12,22H,3,11,13H2,1-2H3,(H2,23,24,26). The highest BCUT2D eigenvalue weighted by Crippen LogP contribution is 2.28. The van der Waals surface area contributed by atoms with Crippen molar-refractivity contribution in [3.63, 3.8) is 0 Å². The summed E-state index contributed by atoms with van der Waals surface area (Å²) >= 11 is 0. The van der Waals surface area contributed by atoms with Crippen molar-refractivity contribution in [2.75, 3.05) is 24.3 Å². The van der Waals surface area contributed by atoms with Crippen LogP contribution in [-0.2, 0) is 6.54 Å². The predicted octanol–water partition coefficient (Wildman–Crippen LogP) is 3.95. The summed E-state index contributed by atoms with van der Waals surface area (Å²) < 4.78 is 10.5. The number of para-hydroxylation sites is 1. The first-order chi connectivity index (χ1) is 13.6. The number of nitrogens with one attached hydrogen (secondary N) is 3. The molecule has 3 aromatic rings. The van der Waals surface area contributed by atoms with Gasteiger partial charge in [0.05, 0.1) is 12.8 Å². The lowest BCUT2D eigenvalue weighted by Gasteiger charge is -2.14. The number of urea groups is 1. The minimum atomic E-state index is -0.603. The molecule has 0 bridgehead atoms. The molecule has 2 amide bonds.